The fourth-order valence-electron chi connectivity index (χ4n) is 3.75. The Labute approximate surface area is 151 Å². The number of carbonyl (C=O) groups excluding carboxylic acids is 2. The van der Waals surface area contributed by atoms with Gasteiger partial charge in [0.05, 0.1) is 6.54 Å². The Kier molecular flexibility index (Phi) is 7.00. The summed E-state index contributed by atoms with van der Waals surface area (Å²) in [4.78, 5) is 28.8. The van der Waals surface area contributed by atoms with E-state index in [0.717, 1.165) is 13.1 Å². The lowest BCUT2D eigenvalue weighted by Gasteiger charge is -2.34. The molecule has 2 amide bonds. The Bertz CT molecular complexity index is 588. The summed E-state index contributed by atoms with van der Waals surface area (Å²) in [7, 11) is 0. The maximum atomic E-state index is 12.4. The van der Waals surface area contributed by atoms with Gasteiger partial charge in [-0.1, -0.05) is 19.9 Å². The van der Waals surface area contributed by atoms with Gasteiger partial charge in [0, 0.05) is 37.4 Å². The summed E-state index contributed by atoms with van der Waals surface area (Å²) in [5.41, 5.74) is 1.29. The Morgan fingerprint density at radius 1 is 1.16 bits per heavy atom. The van der Waals surface area contributed by atoms with Crippen LogP contribution in [0.3, 0.4) is 0 Å². The molecule has 5 heteroatoms. The lowest BCUT2D eigenvalue weighted by molar-refractivity contribution is -0.117. The second kappa shape index (κ2) is 8.99. The molecule has 1 aliphatic heterocycles. The van der Waals surface area contributed by atoms with E-state index < -0.39 is 0 Å². The Balaban J connectivity index is 1.97. The monoisotopic (exact) mass is 345 g/mol. The molecule has 0 aromatic heterocycles. The Morgan fingerprint density at radius 3 is 2.40 bits per heavy atom. The number of benzene rings is 1. The summed E-state index contributed by atoms with van der Waals surface area (Å²) in [6.07, 6.45) is 1.23. The van der Waals surface area contributed by atoms with Crippen LogP contribution in [-0.4, -0.2) is 54.3 Å². The van der Waals surface area contributed by atoms with Crippen molar-refractivity contribution in [1.29, 1.82) is 0 Å². The maximum Gasteiger partial charge on any atom is 0.253 e. The molecular formula is C20H31N3O2. The molecule has 1 aliphatic rings. The van der Waals surface area contributed by atoms with Crippen molar-refractivity contribution in [3.05, 3.63) is 29.8 Å². The molecule has 25 heavy (non-hydrogen) atoms. The third kappa shape index (κ3) is 5.56. The number of likely N-dealkylation sites (tertiary alicyclic amines) is 1. The number of nitrogens with one attached hydrogen (secondary N) is 1. The van der Waals surface area contributed by atoms with Gasteiger partial charge >= 0.3 is 0 Å². The zero-order valence-corrected chi connectivity index (χ0v) is 15.9. The van der Waals surface area contributed by atoms with Crippen LogP contribution >= 0.6 is 0 Å². The van der Waals surface area contributed by atoms with Crippen LogP contribution in [-0.2, 0) is 4.79 Å². The predicted octanol–water partition coefficient (Wildman–Crippen LogP) is 3.09. The minimum Gasteiger partial charge on any atom is -0.339 e. The highest BCUT2D eigenvalue weighted by Gasteiger charge is 2.23. The van der Waals surface area contributed by atoms with Gasteiger partial charge < -0.3 is 10.2 Å². The number of hydrogen-bond acceptors (Lipinski definition) is 3. The second-order valence-electron chi connectivity index (χ2n) is 7.25. The average Bonchev–Trinajstić information content (AvgIpc) is 2.55. The van der Waals surface area contributed by atoms with Gasteiger partial charge in [-0.15, -0.1) is 0 Å². The third-order valence-electron chi connectivity index (χ3n) is 4.76. The van der Waals surface area contributed by atoms with Crippen LogP contribution in [0.15, 0.2) is 24.3 Å². The fourth-order valence-corrected chi connectivity index (χ4v) is 3.75. The van der Waals surface area contributed by atoms with Crippen LogP contribution < -0.4 is 5.32 Å². The molecule has 0 saturated carbocycles. The van der Waals surface area contributed by atoms with Crippen molar-refractivity contribution in [2.24, 2.45) is 11.8 Å². The van der Waals surface area contributed by atoms with Crippen molar-refractivity contribution in [1.82, 2.24) is 9.80 Å². The summed E-state index contributed by atoms with van der Waals surface area (Å²) in [6.45, 7) is 12.1. The molecule has 1 aromatic carbocycles. The minimum absolute atomic E-state index is 0.000205. The van der Waals surface area contributed by atoms with E-state index in [2.05, 4.69) is 24.1 Å². The lowest BCUT2D eigenvalue weighted by Crippen LogP contribution is -2.42. The van der Waals surface area contributed by atoms with Crippen LogP contribution in [0.4, 0.5) is 5.69 Å². The third-order valence-corrected chi connectivity index (χ3v) is 4.76. The molecule has 5 nitrogen and oxygen atoms in total. The van der Waals surface area contributed by atoms with Gasteiger partial charge in [0.15, 0.2) is 0 Å². The van der Waals surface area contributed by atoms with E-state index in [0.29, 0.717) is 42.7 Å². The van der Waals surface area contributed by atoms with E-state index in [-0.39, 0.29) is 11.8 Å². The molecule has 2 atom stereocenters. The largest absolute Gasteiger partial charge is 0.339 e. The van der Waals surface area contributed by atoms with E-state index in [1.807, 2.05) is 26.0 Å². The number of hydrogen-bond donors (Lipinski definition) is 1. The topological polar surface area (TPSA) is 52.7 Å². The minimum atomic E-state index is -0.0197. The van der Waals surface area contributed by atoms with Crippen LogP contribution in [0.1, 0.15) is 44.5 Å². The maximum absolute atomic E-state index is 12.4. The Morgan fingerprint density at radius 2 is 1.80 bits per heavy atom. The van der Waals surface area contributed by atoms with Gasteiger partial charge in [-0.25, -0.2) is 0 Å². The van der Waals surface area contributed by atoms with E-state index >= 15 is 0 Å². The van der Waals surface area contributed by atoms with Crippen molar-refractivity contribution in [2.75, 3.05) is 38.0 Å². The first kappa shape index (κ1) is 19.4. The molecule has 1 heterocycles. The highest BCUT2D eigenvalue weighted by Crippen LogP contribution is 2.20. The molecule has 0 spiro atoms. The van der Waals surface area contributed by atoms with Crippen LogP contribution in [0.25, 0.3) is 0 Å². The highest BCUT2D eigenvalue weighted by molar-refractivity contribution is 5.97. The molecule has 1 aromatic rings. The van der Waals surface area contributed by atoms with Gasteiger partial charge in [0.2, 0.25) is 5.91 Å². The Hall–Kier alpha value is -1.88. The molecule has 138 valence electrons. The molecule has 1 fully saturated rings. The van der Waals surface area contributed by atoms with E-state index in [9.17, 15) is 9.59 Å². The molecular weight excluding hydrogens is 314 g/mol. The summed E-state index contributed by atoms with van der Waals surface area (Å²) in [5.74, 6) is 1.24. The molecule has 0 aliphatic carbocycles. The van der Waals surface area contributed by atoms with Crippen molar-refractivity contribution >= 4 is 17.5 Å². The van der Waals surface area contributed by atoms with E-state index in [1.165, 1.54) is 6.42 Å². The van der Waals surface area contributed by atoms with Crippen molar-refractivity contribution in [2.45, 2.75) is 34.1 Å². The van der Waals surface area contributed by atoms with Crippen molar-refractivity contribution in [3.63, 3.8) is 0 Å². The SMILES string of the molecule is CCN(CC)C(=O)c1cccc(NC(=O)CN2C[C@H](C)C[C@H](C)C2)c1. The van der Waals surface area contributed by atoms with Gasteiger partial charge in [-0.2, -0.15) is 0 Å². The van der Waals surface area contributed by atoms with Crippen LogP contribution in [0.5, 0.6) is 0 Å². The van der Waals surface area contributed by atoms with Crippen molar-refractivity contribution in [3.8, 4) is 0 Å². The molecule has 1 N–H and O–H groups in total. The fraction of sp³-hybridized carbons (Fsp3) is 0.600. The lowest BCUT2D eigenvalue weighted by atomic mass is 9.92. The number of piperidine rings is 1. The number of rotatable bonds is 6. The molecule has 1 saturated heterocycles. The summed E-state index contributed by atoms with van der Waals surface area (Å²) in [6, 6.07) is 7.21. The molecule has 0 bridgehead atoms. The molecule has 0 radical (unpaired) electrons. The van der Waals surface area contributed by atoms with Crippen LogP contribution in [0.2, 0.25) is 0 Å². The standard InChI is InChI=1S/C20H31N3O2/c1-5-23(6-2)20(25)17-8-7-9-18(11-17)21-19(24)14-22-12-15(3)10-16(4)13-22/h7-9,11,15-16H,5-6,10,12-14H2,1-4H3,(H,21,24)/t15-,16+. The first-order valence-electron chi connectivity index (χ1n) is 9.34. The summed E-state index contributed by atoms with van der Waals surface area (Å²) >= 11 is 0. The van der Waals surface area contributed by atoms with Gasteiger partial charge in [-0.3, -0.25) is 14.5 Å². The smallest absolute Gasteiger partial charge is 0.253 e. The zero-order valence-electron chi connectivity index (χ0n) is 15.9. The summed E-state index contributed by atoms with van der Waals surface area (Å²) < 4.78 is 0. The predicted molar refractivity (Wildman–Crippen MR) is 102 cm³/mol. The van der Waals surface area contributed by atoms with Crippen molar-refractivity contribution < 1.29 is 9.59 Å². The first-order valence-corrected chi connectivity index (χ1v) is 9.34. The van der Waals surface area contributed by atoms with E-state index in [1.54, 1.807) is 17.0 Å². The van der Waals surface area contributed by atoms with Gasteiger partial charge in [0.25, 0.3) is 5.91 Å². The van der Waals surface area contributed by atoms with Gasteiger partial charge in [0.1, 0.15) is 0 Å². The van der Waals surface area contributed by atoms with Crippen LogP contribution in [0, 0.1) is 11.8 Å². The molecule has 2 rings (SSSR count). The quantitative estimate of drug-likeness (QED) is 0.862. The number of nitrogens with zero attached hydrogens (tertiary/aromatic N) is 2. The zero-order chi connectivity index (χ0) is 18.4. The van der Waals surface area contributed by atoms with Gasteiger partial charge in [-0.05, 0) is 50.3 Å². The second-order valence-corrected chi connectivity index (χ2v) is 7.25. The average molecular weight is 345 g/mol. The number of anilines is 1. The number of carbonyl (C=O) groups is 2. The normalized spacial score (nSPS) is 21.0. The summed E-state index contributed by atoms with van der Waals surface area (Å²) in [5, 5.41) is 2.94. The first-order chi connectivity index (χ1) is 11.9. The number of amides is 2. The highest BCUT2D eigenvalue weighted by atomic mass is 16.2. The van der Waals surface area contributed by atoms with E-state index in [4.69, 9.17) is 0 Å². The molecule has 0 unspecified atom stereocenters.